The van der Waals surface area contributed by atoms with Crippen LogP contribution in [-0.4, -0.2) is 25.2 Å². The number of nitrogens with zero attached hydrogens (tertiary/aromatic N) is 1. The first-order valence-electron chi connectivity index (χ1n) is 8.38. The van der Waals surface area contributed by atoms with Crippen LogP contribution in [0.4, 0.5) is 0 Å². The van der Waals surface area contributed by atoms with Gasteiger partial charge in [0, 0.05) is 11.6 Å². The quantitative estimate of drug-likeness (QED) is 0.745. The lowest BCUT2D eigenvalue weighted by Gasteiger charge is -2.17. The van der Waals surface area contributed by atoms with Gasteiger partial charge in [-0.15, -0.1) is 0 Å². The zero-order chi connectivity index (χ0) is 17.7. The molecule has 0 atom stereocenters. The molecule has 0 amide bonds. The van der Waals surface area contributed by atoms with Crippen LogP contribution < -0.4 is 4.74 Å². The summed E-state index contributed by atoms with van der Waals surface area (Å²) in [6.07, 6.45) is 2.48. The maximum Gasteiger partial charge on any atom is 0.343 e. The first-order chi connectivity index (χ1) is 11.6. The van der Waals surface area contributed by atoms with Crippen molar-refractivity contribution in [3.8, 4) is 17.0 Å². The summed E-state index contributed by atoms with van der Waals surface area (Å²) in [4.78, 5) is 16.9. The van der Waals surface area contributed by atoms with Crippen LogP contribution in [0.15, 0.2) is 24.3 Å². The van der Waals surface area contributed by atoms with E-state index in [1.54, 1.807) is 7.11 Å². The number of hydrogen-bond acceptors (Lipinski definition) is 4. The highest BCUT2D eigenvalue weighted by atomic mass is 16.5. The van der Waals surface area contributed by atoms with Gasteiger partial charge in [-0.05, 0) is 30.4 Å². The fourth-order valence-electron chi connectivity index (χ4n) is 3.01. The van der Waals surface area contributed by atoms with Gasteiger partial charge in [0.2, 0.25) is 0 Å². The molecule has 2 rings (SSSR count). The maximum atomic E-state index is 12.1. The standard InChI is InChI=1S/C20H25NO3/c1-6-13-10-9-11-14(7-2)18(13)16-12-17(23-4)19(20(22)24-5)15(8-3)21-16/h9-12H,6-8H2,1-5H3. The monoisotopic (exact) mass is 327 g/mol. The molecule has 24 heavy (non-hydrogen) atoms. The highest BCUT2D eigenvalue weighted by Gasteiger charge is 2.22. The van der Waals surface area contributed by atoms with E-state index in [4.69, 9.17) is 14.5 Å². The Morgan fingerprint density at radius 3 is 2.12 bits per heavy atom. The lowest BCUT2D eigenvalue weighted by Crippen LogP contribution is -2.11. The number of benzene rings is 1. The number of esters is 1. The average Bonchev–Trinajstić information content (AvgIpc) is 2.65. The molecule has 4 nitrogen and oxygen atoms in total. The molecule has 1 aromatic heterocycles. The summed E-state index contributed by atoms with van der Waals surface area (Å²) in [7, 11) is 2.94. The van der Waals surface area contributed by atoms with Crippen molar-refractivity contribution < 1.29 is 14.3 Å². The van der Waals surface area contributed by atoms with Crippen LogP contribution in [0.1, 0.15) is 48.0 Å². The Bertz CT molecular complexity index is 690. The fourth-order valence-corrected chi connectivity index (χ4v) is 3.01. The number of pyridine rings is 1. The van der Waals surface area contributed by atoms with Crippen molar-refractivity contribution in [2.24, 2.45) is 0 Å². The smallest absolute Gasteiger partial charge is 0.343 e. The molecule has 0 saturated heterocycles. The van der Waals surface area contributed by atoms with Crippen molar-refractivity contribution in [2.45, 2.75) is 40.0 Å². The third-order valence-electron chi connectivity index (χ3n) is 4.26. The molecule has 0 fully saturated rings. The summed E-state index contributed by atoms with van der Waals surface area (Å²) in [5, 5.41) is 0. The number of carbonyl (C=O) groups excluding carboxylic acids is 1. The summed E-state index contributed by atoms with van der Waals surface area (Å²) in [5.74, 6) is 0.0962. The van der Waals surface area contributed by atoms with Gasteiger partial charge in [0.05, 0.1) is 25.6 Å². The number of rotatable bonds is 6. The Hall–Kier alpha value is -2.36. The predicted molar refractivity (Wildman–Crippen MR) is 95.7 cm³/mol. The van der Waals surface area contributed by atoms with Gasteiger partial charge < -0.3 is 9.47 Å². The van der Waals surface area contributed by atoms with E-state index in [2.05, 4.69) is 32.0 Å². The number of ether oxygens (including phenoxy) is 2. The summed E-state index contributed by atoms with van der Waals surface area (Å²) < 4.78 is 10.4. The molecular weight excluding hydrogens is 302 g/mol. The number of methoxy groups -OCH3 is 2. The van der Waals surface area contributed by atoms with Gasteiger partial charge >= 0.3 is 5.97 Å². The second-order valence-corrected chi connectivity index (χ2v) is 5.53. The normalized spacial score (nSPS) is 10.5. The van der Waals surface area contributed by atoms with E-state index < -0.39 is 5.97 Å². The first kappa shape index (κ1) is 18.0. The highest BCUT2D eigenvalue weighted by molar-refractivity contribution is 5.94. The third kappa shape index (κ3) is 3.28. The van der Waals surface area contributed by atoms with E-state index in [0.29, 0.717) is 23.4 Å². The highest BCUT2D eigenvalue weighted by Crippen LogP contribution is 2.33. The molecule has 1 aromatic carbocycles. The molecule has 0 unspecified atom stereocenters. The van der Waals surface area contributed by atoms with E-state index in [1.165, 1.54) is 18.2 Å². The van der Waals surface area contributed by atoms with E-state index in [0.717, 1.165) is 24.1 Å². The molecule has 0 spiro atoms. The van der Waals surface area contributed by atoms with Crippen molar-refractivity contribution in [2.75, 3.05) is 14.2 Å². The Morgan fingerprint density at radius 2 is 1.67 bits per heavy atom. The van der Waals surface area contributed by atoms with E-state index in [-0.39, 0.29) is 0 Å². The third-order valence-corrected chi connectivity index (χ3v) is 4.26. The van der Waals surface area contributed by atoms with Crippen molar-refractivity contribution in [3.05, 3.63) is 46.6 Å². The molecule has 0 N–H and O–H groups in total. The Kier molecular flexibility index (Phi) is 5.96. The molecule has 0 aliphatic rings. The number of carbonyl (C=O) groups is 1. The van der Waals surface area contributed by atoms with E-state index >= 15 is 0 Å². The Morgan fingerprint density at radius 1 is 1.04 bits per heavy atom. The van der Waals surface area contributed by atoms with E-state index in [1.807, 2.05) is 13.0 Å². The van der Waals surface area contributed by atoms with Gasteiger partial charge in [0.1, 0.15) is 11.3 Å². The van der Waals surface area contributed by atoms with Gasteiger partial charge in [-0.3, -0.25) is 4.98 Å². The summed E-state index contributed by atoms with van der Waals surface area (Å²) in [6.45, 7) is 6.25. The molecule has 0 bridgehead atoms. The number of aromatic nitrogens is 1. The topological polar surface area (TPSA) is 48.4 Å². The first-order valence-corrected chi connectivity index (χ1v) is 8.38. The molecule has 0 saturated carbocycles. The van der Waals surface area contributed by atoms with Crippen molar-refractivity contribution >= 4 is 5.97 Å². The SMILES string of the molecule is CCc1cccc(CC)c1-c1cc(OC)c(C(=O)OC)c(CC)n1. The average molecular weight is 327 g/mol. The minimum atomic E-state index is -0.415. The molecular formula is C20H25NO3. The van der Waals surface area contributed by atoms with E-state index in [9.17, 15) is 4.79 Å². The van der Waals surface area contributed by atoms with Crippen molar-refractivity contribution in [1.29, 1.82) is 0 Å². The van der Waals surface area contributed by atoms with Gasteiger partial charge in [0.15, 0.2) is 0 Å². The fraction of sp³-hybridized carbons (Fsp3) is 0.400. The largest absolute Gasteiger partial charge is 0.496 e. The summed E-state index contributed by atoms with van der Waals surface area (Å²) >= 11 is 0. The molecule has 1 heterocycles. The minimum absolute atomic E-state index is 0.415. The van der Waals surface area contributed by atoms with Crippen molar-refractivity contribution in [3.63, 3.8) is 0 Å². The second kappa shape index (κ2) is 7.95. The van der Waals surface area contributed by atoms with Crippen LogP contribution >= 0.6 is 0 Å². The zero-order valence-corrected chi connectivity index (χ0v) is 15.1. The lowest BCUT2D eigenvalue weighted by atomic mass is 9.94. The van der Waals surface area contributed by atoms with Crippen LogP contribution in [0.25, 0.3) is 11.3 Å². The lowest BCUT2D eigenvalue weighted by molar-refractivity contribution is 0.0595. The second-order valence-electron chi connectivity index (χ2n) is 5.53. The molecule has 128 valence electrons. The maximum absolute atomic E-state index is 12.1. The molecule has 0 aliphatic carbocycles. The van der Waals surface area contributed by atoms with Crippen LogP contribution in [0.3, 0.4) is 0 Å². The number of hydrogen-bond donors (Lipinski definition) is 0. The Labute approximate surface area is 143 Å². The van der Waals surface area contributed by atoms with Crippen LogP contribution in [0, 0.1) is 0 Å². The van der Waals surface area contributed by atoms with Crippen LogP contribution in [0.5, 0.6) is 5.75 Å². The van der Waals surface area contributed by atoms with Gasteiger partial charge in [-0.25, -0.2) is 4.79 Å². The van der Waals surface area contributed by atoms with Gasteiger partial charge in [0.25, 0.3) is 0 Å². The van der Waals surface area contributed by atoms with Crippen LogP contribution in [0.2, 0.25) is 0 Å². The molecule has 4 heteroatoms. The minimum Gasteiger partial charge on any atom is -0.496 e. The Balaban J connectivity index is 2.76. The predicted octanol–water partition coefficient (Wildman–Crippen LogP) is 4.23. The zero-order valence-electron chi connectivity index (χ0n) is 15.1. The van der Waals surface area contributed by atoms with Crippen molar-refractivity contribution in [1.82, 2.24) is 4.98 Å². The molecule has 0 aliphatic heterocycles. The summed E-state index contributed by atoms with van der Waals surface area (Å²) in [5.41, 5.74) is 5.61. The van der Waals surface area contributed by atoms with Gasteiger partial charge in [-0.2, -0.15) is 0 Å². The molecule has 0 radical (unpaired) electrons. The summed E-state index contributed by atoms with van der Waals surface area (Å²) in [6, 6.07) is 8.19. The molecule has 2 aromatic rings. The number of aryl methyl sites for hydroxylation is 3. The van der Waals surface area contributed by atoms with Gasteiger partial charge in [-0.1, -0.05) is 39.0 Å². The van der Waals surface area contributed by atoms with Crippen LogP contribution in [-0.2, 0) is 24.0 Å².